The van der Waals surface area contributed by atoms with Gasteiger partial charge in [0.25, 0.3) is 5.91 Å². The summed E-state index contributed by atoms with van der Waals surface area (Å²) in [7, 11) is 1.64. The van der Waals surface area contributed by atoms with E-state index in [1.54, 1.807) is 42.3 Å². The van der Waals surface area contributed by atoms with Crippen molar-refractivity contribution in [2.24, 2.45) is 16.3 Å². The summed E-state index contributed by atoms with van der Waals surface area (Å²) in [5.41, 5.74) is 7.37. The van der Waals surface area contributed by atoms with E-state index in [1.807, 2.05) is 30.3 Å². The number of nitrogens with zero attached hydrogens (tertiary/aromatic N) is 3. The van der Waals surface area contributed by atoms with Crippen molar-refractivity contribution < 1.29 is 19.1 Å². The topological polar surface area (TPSA) is 105 Å². The quantitative estimate of drug-likeness (QED) is 0.693. The second kappa shape index (κ2) is 8.92. The number of hydrazone groups is 1. The minimum absolute atomic E-state index is 0.127. The Balaban J connectivity index is 1.46. The number of amides is 2. The maximum atomic E-state index is 13.1. The molecule has 0 aromatic heterocycles. The zero-order valence-electron chi connectivity index (χ0n) is 17.9. The highest BCUT2D eigenvalue weighted by Gasteiger charge is 2.53. The normalized spacial score (nSPS) is 21.1. The van der Waals surface area contributed by atoms with Gasteiger partial charge in [-0.25, -0.2) is 9.80 Å². The summed E-state index contributed by atoms with van der Waals surface area (Å²) in [6.07, 6.45) is 0.947. The van der Waals surface area contributed by atoms with Gasteiger partial charge >= 0.3 is 5.97 Å². The number of hydrogen-bond donors (Lipinski definition) is 1. The van der Waals surface area contributed by atoms with E-state index in [9.17, 15) is 14.4 Å². The summed E-state index contributed by atoms with van der Waals surface area (Å²) in [5, 5.41) is 5.82. The first kappa shape index (κ1) is 21.7. The first-order valence-electron chi connectivity index (χ1n) is 10.6. The molecule has 2 heterocycles. The minimum Gasteiger partial charge on any atom is -0.460 e. The van der Waals surface area contributed by atoms with E-state index in [1.165, 1.54) is 5.01 Å². The molecule has 0 radical (unpaired) electrons. The second-order valence-corrected chi connectivity index (χ2v) is 8.20. The van der Waals surface area contributed by atoms with E-state index in [2.05, 4.69) is 5.10 Å². The second-order valence-electron chi connectivity index (χ2n) is 8.20. The van der Waals surface area contributed by atoms with Gasteiger partial charge in [-0.2, -0.15) is 5.10 Å². The SMILES string of the molecule is CN1N=C2CCN(C(=O)C(N)COC(=O)c3ccccc3)CC2(Cc2ccccc2)C1=O. The van der Waals surface area contributed by atoms with E-state index >= 15 is 0 Å². The first-order valence-corrected chi connectivity index (χ1v) is 10.6. The number of likely N-dealkylation sites (tertiary alicyclic amines) is 1. The molecule has 8 heteroatoms. The van der Waals surface area contributed by atoms with Crippen LogP contribution in [0.2, 0.25) is 0 Å². The molecule has 2 aliphatic rings. The van der Waals surface area contributed by atoms with E-state index < -0.39 is 17.4 Å². The molecule has 0 aliphatic carbocycles. The van der Waals surface area contributed by atoms with Crippen molar-refractivity contribution in [2.45, 2.75) is 18.9 Å². The molecule has 8 nitrogen and oxygen atoms in total. The predicted octanol–water partition coefficient (Wildman–Crippen LogP) is 1.46. The summed E-state index contributed by atoms with van der Waals surface area (Å²) in [4.78, 5) is 40.0. The smallest absolute Gasteiger partial charge is 0.338 e. The Labute approximate surface area is 186 Å². The van der Waals surface area contributed by atoms with Crippen LogP contribution in [0, 0.1) is 5.41 Å². The molecular weight excluding hydrogens is 408 g/mol. The molecule has 32 heavy (non-hydrogen) atoms. The highest BCUT2D eigenvalue weighted by molar-refractivity contribution is 6.13. The van der Waals surface area contributed by atoms with E-state index in [0.717, 1.165) is 11.3 Å². The van der Waals surface area contributed by atoms with Crippen molar-refractivity contribution in [1.82, 2.24) is 9.91 Å². The number of carbonyl (C=O) groups is 3. The lowest BCUT2D eigenvalue weighted by molar-refractivity contribution is -0.140. The Bertz CT molecular complexity index is 1040. The highest BCUT2D eigenvalue weighted by Crippen LogP contribution is 2.38. The summed E-state index contributed by atoms with van der Waals surface area (Å²) in [5.74, 6) is -1.01. The van der Waals surface area contributed by atoms with Crippen molar-refractivity contribution in [3.8, 4) is 0 Å². The summed E-state index contributed by atoms with van der Waals surface area (Å²) >= 11 is 0. The van der Waals surface area contributed by atoms with Crippen LogP contribution in [0.25, 0.3) is 0 Å². The van der Waals surface area contributed by atoms with Crippen molar-refractivity contribution in [2.75, 3.05) is 26.7 Å². The van der Waals surface area contributed by atoms with Crippen molar-refractivity contribution in [3.63, 3.8) is 0 Å². The summed E-state index contributed by atoms with van der Waals surface area (Å²) < 4.78 is 5.24. The van der Waals surface area contributed by atoms with Crippen LogP contribution in [-0.2, 0) is 20.7 Å². The molecule has 2 aromatic rings. The Morgan fingerprint density at radius 2 is 1.78 bits per heavy atom. The molecule has 2 N–H and O–H groups in total. The first-order chi connectivity index (χ1) is 15.4. The third-order valence-corrected chi connectivity index (χ3v) is 5.99. The largest absolute Gasteiger partial charge is 0.460 e. The van der Waals surface area contributed by atoms with Crippen LogP contribution in [0.3, 0.4) is 0 Å². The number of ether oxygens (including phenoxy) is 1. The number of carbonyl (C=O) groups excluding carboxylic acids is 3. The van der Waals surface area contributed by atoms with Crippen LogP contribution in [0.1, 0.15) is 22.3 Å². The zero-order valence-corrected chi connectivity index (χ0v) is 17.9. The molecule has 1 fully saturated rings. The number of nitrogens with two attached hydrogens (primary N) is 1. The average molecular weight is 434 g/mol. The predicted molar refractivity (Wildman–Crippen MR) is 119 cm³/mol. The lowest BCUT2D eigenvalue weighted by Crippen LogP contribution is -2.58. The molecule has 2 amide bonds. The number of esters is 1. The monoisotopic (exact) mass is 434 g/mol. The Morgan fingerprint density at radius 1 is 1.12 bits per heavy atom. The molecule has 166 valence electrons. The van der Waals surface area contributed by atoms with Gasteiger partial charge in [-0.05, 0) is 24.1 Å². The zero-order chi connectivity index (χ0) is 22.7. The number of fused-ring (bicyclic) bond motifs is 1. The fourth-order valence-electron chi connectivity index (χ4n) is 4.34. The molecule has 1 saturated heterocycles. The van der Waals surface area contributed by atoms with Crippen LogP contribution >= 0.6 is 0 Å². The van der Waals surface area contributed by atoms with Crippen LogP contribution in [-0.4, -0.2) is 66.2 Å². The van der Waals surface area contributed by atoms with E-state index in [4.69, 9.17) is 10.5 Å². The fourth-order valence-corrected chi connectivity index (χ4v) is 4.34. The van der Waals surface area contributed by atoms with E-state index in [0.29, 0.717) is 24.9 Å². The Hall–Kier alpha value is -3.52. The number of benzene rings is 2. The van der Waals surface area contributed by atoms with Crippen LogP contribution in [0.15, 0.2) is 65.8 Å². The van der Waals surface area contributed by atoms with Gasteiger partial charge in [0.1, 0.15) is 18.1 Å². The van der Waals surface area contributed by atoms with Crippen molar-refractivity contribution >= 4 is 23.5 Å². The van der Waals surface area contributed by atoms with Gasteiger partial charge in [0.05, 0.1) is 11.3 Å². The van der Waals surface area contributed by atoms with Crippen molar-refractivity contribution in [1.29, 1.82) is 0 Å². The van der Waals surface area contributed by atoms with Gasteiger partial charge in [-0.1, -0.05) is 48.5 Å². The van der Waals surface area contributed by atoms with Gasteiger partial charge in [0, 0.05) is 26.6 Å². The number of rotatable bonds is 6. The summed E-state index contributed by atoms with van der Waals surface area (Å²) in [6, 6.07) is 17.2. The molecule has 0 spiro atoms. The third kappa shape index (κ3) is 4.13. The van der Waals surface area contributed by atoms with Crippen LogP contribution in [0.4, 0.5) is 0 Å². The average Bonchev–Trinajstić information content (AvgIpc) is 3.07. The van der Waals surface area contributed by atoms with Crippen LogP contribution < -0.4 is 5.73 Å². The minimum atomic E-state index is -1.01. The molecule has 0 saturated carbocycles. The maximum Gasteiger partial charge on any atom is 0.338 e. The highest BCUT2D eigenvalue weighted by atomic mass is 16.5. The lowest BCUT2D eigenvalue weighted by atomic mass is 9.73. The van der Waals surface area contributed by atoms with Gasteiger partial charge in [0.15, 0.2) is 0 Å². The Kier molecular flexibility index (Phi) is 6.05. The van der Waals surface area contributed by atoms with Gasteiger partial charge in [-0.15, -0.1) is 0 Å². The Morgan fingerprint density at radius 3 is 2.47 bits per heavy atom. The molecular formula is C24H26N4O4. The molecule has 0 bridgehead atoms. The van der Waals surface area contributed by atoms with Gasteiger partial charge in [0.2, 0.25) is 5.91 Å². The number of hydrogen-bond acceptors (Lipinski definition) is 6. The van der Waals surface area contributed by atoms with Crippen molar-refractivity contribution in [3.05, 3.63) is 71.8 Å². The molecule has 2 aliphatic heterocycles. The standard InChI is InChI=1S/C24H26N4O4/c1-27-23(31)24(14-17-8-4-2-5-9-17)16-28(13-12-20(24)26-27)21(29)19(25)15-32-22(30)18-10-6-3-7-11-18/h2-11,19H,12-16,25H2,1H3. The fraction of sp³-hybridized carbons (Fsp3) is 0.333. The third-order valence-electron chi connectivity index (χ3n) is 5.99. The summed E-state index contributed by atoms with van der Waals surface area (Å²) in [6.45, 7) is 0.377. The molecule has 2 atom stereocenters. The van der Waals surface area contributed by atoms with Crippen LogP contribution in [0.5, 0.6) is 0 Å². The lowest BCUT2D eigenvalue weighted by Gasteiger charge is -2.40. The van der Waals surface area contributed by atoms with Gasteiger partial charge < -0.3 is 15.4 Å². The molecule has 2 aromatic carbocycles. The molecule has 4 rings (SSSR count). The van der Waals surface area contributed by atoms with E-state index in [-0.39, 0.29) is 25.0 Å². The molecule has 2 unspecified atom stereocenters. The van der Waals surface area contributed by atoms with Gasteiger partial charge in [-0.3, -0.25) is 9.59 Å². The maximum absolute atomic E-state index is 13.1. The number of piperidine rings is 1.